The van der Waals surface area contributed by atoms with Crippen molar-refractivity contribution in [3.63, 3.8) is 0 Å². The zero-order chi connectivity index (χ0) is 12.0. The monoisotopic (exact) mass is 225 g/mol. The van der Waals surface area contributed by atoms with E-state index in [2.05, 4.69) is 13.8 Å². The number of hydrogen-bond acceptors (Lipinski definition) is 2. The summed E-state index contributed by atoms with van der Waals surface area (Å²) in [5, 5.41) is 0. The summed E-state index contributed by atoms with van der Waals surface area (Å²) in [5.41, 5.74) is 5.44. The van der Waals surface area contributed by atoms with Crippen molar-refractivity contribution >= 4 is 5.78 Å². The highest BCUT2D eigenvalue weighted by atomic mass is 16.1. The molecule has 1 aliphatic carbocycles. The lowest BCUT2D eigenvalue weighted by Crippen LogP contribution is -2.26. The molecule has 0 spiro atoms. The minimum atomic E-state index is 0.365. The summed E-state index contributed by atoms with van der Waals surface area (Å²) in [7, 11) is 0. The summed E-state index contributed by atoms with van der Waals surface area (Å²) in [4.78, 5) is 12.0. The number of ketones is 1. The zero-order valence-electron chi connectivity index (χ0n) is 10.9. The third-order valence-corrected chi connectivity index (χ3v) is 4.18. The molecule has 3 atom stereocenters. The SMILES string of the molecule is CC1CCC(C(=O)CCCCCN)CC1C. The minimum absolute atomic E-state index is 0.365. The highest BCUT2D eigenvalue weighted by Gasteiger charge is 2.28. The van der Waals surface area contributed by atoms with Gasteiger partial charge in [0, 0.05) is 12.3 Å². The highest BCUT2D eigenvalue weighted by molar-refractivity contribution is 5.81. The van der Waals surface area contributed by atoms with E-state index in [-0.39, 0.29) is 0 Å². The second-order valence-corrected chi connectivity index (χ2v) is 5.53. The lowest BCUT2D eigenvalue weighted by molar-refractivity contribution is -0.124. The third kappa shape index (κ3) is 4.25. The van der Waals surface area contributed by atoms with Crippen LogP contribution < -0.4 is 5.73 Å². The van der Waals surface area contributed by atoms with E-state index in [1.165, 1.54) is 6.42 Å². The summed E-state index contributed by atoms with van der Waals surface area (Å²) in [6.45, 7) is 5.36. The second kappa shape index (κ2) is 7.05. The summed E-state index contributed by atoms with van der Waals surface area (Å²) in [6.07, 6.45) is 7.48. The van der Waals surface area contributed by atoms with Gasteiger partial charge < -0.3 is 5.73 Å². The molecule has 2 nitrogen and oxygen atoms in total. The summed E-state index contributed by atoms with van der Waals surface area (Å²) in [5.74, 6) is 2.41. The molecule has 0 saturated heterocycles. The Kier molecular flexibility index (Phi) is 6.04. The summed E-state index contributed by atoms with van der Waals surface area (Å²) < 4.78 is 0. The summed E-state index contributed by atoms with van der Waals surface area (Å²) >= 11 is 0. The molecule has 94 valence electrons. The molecular formula is C14H27NO. The number of carbonyl (C=O) groups excluding carboxylic acids is 1. The molecule has 0 radical (unpaired) electrons. The first-order valence-electron chi connectivity index (χ1n) is 6.88. The van der Waals surface area contributed by atoms with Crippen molar-refractivity contribution in [3.05, 3.63) is 0 Å². The first-order chi connectivity index (χ1) is 7.65. The number of Topliss-reactive ketones (excluding diaryl/α,β-unsaturated/α-hetero) is 1. The predicted molar refractivity (Wildman–Crippen MR) is 68.2 cm³/mol. The molecular weight excluding hydrogens is 198 g/mol. The minimum Gasteiger partial charge on any atom is -0.330 e. The maximum Gasteiger partial charge on any atom is 0.135 e. The number of carbonyl (C=O) groups is 1. The van der Waals surface area contributed by atoms with Crippen LogP contribution in [-0.2, 0) is 4.79 Å². The smallest absolute Gasteiger partial charge is 0.135 e. The van der Waals surface area contributed by atoms with Crippen LogP contribution in [0.1, 0.15) is 58.8 Å². The average Bonchev–Trinajstić information content (AvgIpc) is 2.28. The Hall–Kier alpha value is -0.370. The van der Waals surface area contributed by atoms with Crippen LogP contribution in [-0.4, -0.2) is 12.3 Å². The van der Waals surface area contributed by atoms with Crippen molar-refractivity contribution in [3.8, 4) is 0 Å². The van der Waals surface area contributed by atoms with Crippen molar-refractivity contribution in [2.45, 2.75) is 58.8 Å². The number of hydrogen-bond donors (Lipinski definition) is 1. The molecule has 0 aliphatic heterocycles. The van der Waals surface area contributed by atoms with E-state index in [4.69, 9.17) is 5.73 Å². The van der Waals surface area contributed by atoms with Gasteiger partial charge in [-0.15, -0.1) is 0 Å². The molecule has 0 aromatic rings. The van der Waals surface area contributed by atoms with E-state index in [1.54, 1.807) is 0 Å². The number of rotatable bonds is 6. The van der Waals surface area contributed by atoms with Crippen LogP contribution in [0.2, 0.25) is 0 Å². The lowest BCUT2D eigenvalue weighted by Gasteiger charge is -2.31. The van der Waals surface area contributed by atoms with Crippen molar-refractivity contribution in [1.29, 1.82) is 0 Å². The molecule has 0 aromatic heterocycles. The van der Waals surface area contributed by atoms with Gasteiger partial charge in [0.2, 0.25) is 0 Å². The Morgan fingerprint density at radius 2 is 1.88 bits per heavy atom. The van der Waals surface area contributed by atoms with Gasteiger partial charge in [0.15, 0.2) is 0 Å². The fraction of sp³-hybridized carbons (Fsp3) is 0.929. The lowest BCUT2D eigenvalue weighted by atomic mass is 9.74. The first-order valence-corrected chi connectivity index (χ1v) is 6.88. The van der Waals surface area contributed by atoms with Crippen molar-refractivity contribution in [2.24, 2.45) is 23.5 Å². The Morgan fingerprint density at radius 1 is 1.12 bits per heavy atom. The van der Waals surface area contributed by atoms with Gasteiger partial charge in [-0.05, 0) is 50.5 Å². The molecule has 1 rings (SSSR count). The van der Waals surface area contributed by atoms with Gasteiger partial charge in [-0.2, -0.15) is 0 Å². The van der Waals surface area contributed by atoms with Crippen LogP contribution >= 0.6 is 0 Å². The third-order valence-electron chi connectivity index (χ3n) is 4.18. The molecule has 2 heteroatoms. The molecule has 0 aromatic carbocycles. The highest BCUT2D eigenvalue weighted by Crippen LogP contribution is 2.34. The van der Waals surface area contributed by atoms with Gasteiger partial charge in [-0.1, -0.05) is 20.3 Å². The largest absolute Gasteiger partial charge is 0.330 e. The molecule has 0 heterocycles. The first kappa shape index (κ1) is 13.7. The van der Waals surface area contributed by atoms with E-state index in [0.29, 0.717) is 11.7 Å². The average molecular weight is 225 g/mol. The molecule has 16 heavy (non-hydrogen) atoms. The normalized spacial score (nSPS) is 30.3. The standard InChI is InChI=1S/C14H27NO/c1-11-7-8-13(10-12(11)2)14(16)6-4-3-5-9-15/h11-13H,3-10,15H2,1-2H3. The maximum atomic E-state index is 12.0. The van der Waals surface area contributed by atoms with Gasteiger partial charge in [-0.25, -0.2) is 0 Å². The molecule has 3 unspecified atom stereocenters. The van der Waals surface area contributed by atoms with E-state index < -0.39 is 0 Å². The fourth-order valence-electron chi connectivity index (χ4n) is 2.66. The maximum absolute atomic E-state index is 12.0. The Bertz CT molecular complexity index is 215. The van der Waals surface area contributed by atoms with Crippen molar-refractivity contribution in [1.82, 2.24) is 0 Å². The van der Waals surface area contributed by atoms with Crippen molar-refractivity contribution < 1.29 is 4.79 Å². The van der Waals surface area contributed by atoms with Gasteiger partial charge in [-0.3, -0.25) is 4.79 Å². The summed E-state index contributed by atoms with van der Waals surface area (Å²) in [6, 6.07) is 0. The second-order valence-electron chi connectivity index (χ2n) is 5.53. The van der Waals surface area contributed by atoms with Crippen LogP contribution in [0, 0.1) is 17.8 Å². The predicted octanol–water partition coefficient (Wildman–Crippen LogP) is 3.15. The van der Waals surface area contributed by atoms with Gasteiger partial charge in [0.1, 0.15) is 5.78 Å². The van der Waals surface area contributed by atoms with Crippen LogP contribution in [0.3, 0.4) is 0 Å². The van der Waals surface area contributed by atoms with Crippen LogP contribution in [0.15, 0.2) is 0 Å². The van der Waals surface area contributed by atoms with E-state index in [0.717, 1.165) is 56.9 Å². The van der Waals surface area contributed by atoms with Crippen LogP contribution in [0.4, 0.5) is 0 Å². The molecule has 1 fully saturated rings. The number of nitrogens with two attached hydrogens (primary N) is 1. The van der Waals surface area contributed by atoms with Gasteiger partial charge in [0.25, 0.3) is 0 Å². The Morgan fingerprint density at radius 3 is 2.50 bits per heavy atom. The van der Waals surface area contributed by atoms with Gasteiger partial charge >= 0.3 is 0 Å². The quantitative estimate of drug-likeness (QED) is 0.706. The van der Waals surface area contributed by atoms with Crippen molar-refractivity contribution in [2.75, 3.05) is 6.54 Å². The van der Waals surface area contributed by atoms with Crippen LogP contribution in [0.25, 0.3) is 0 Å². The molecule has 1 aliphatic rings. The van der Waals surface area contributed by atoms with Crippen LogP contribution in [0.5, 0.6) is 0 Å². The van der Waals surface area contributed by atoms with Gasteiger partial charge in [0.05, 0.1) is 0 Å². The molecule has 1 saturated carbocycles. The van der Waals surface area contributed by atoms with E-state index in [1.807, 2.05) is 0 Å². The molecule has 0 amide bonds. The number of unbranched alkanes of at least 4 members (excludes halogenated alkanes) is 2. The molecule has 0 bridgehead atoms. The van der Waals surface area contributed by atoms with E-state index >= 15 is 0 Å². The Balaban J connectivity index is 2.21. The fourth-order valence-corrected chi connectivity index (χ4v) is 2.66. The topological polar surface area (TPSA) is 43.1 Å². The van der Waals surface area contributed by atoms with E-state index in [9.17, 15) is 4.79 Å². The zero-order valence-corrected chi connectivity index (χ0v) is 10.9. The Labute approximate surface area is 100.0 Å². The molecule has 2 N–H and O–H groups in total.